The Morgan fingerprint density at radius 3 is 2.44 bits per heavy atom. The van der Waals surface area contributed by atoms with Gasteiger partial charge in [-0.1, -0.05) is 23.8 Å². The number of nitrogens with zero attached hydrogens (tertiary/aromatic N) is 1. The minimum atomic E-state index is -0.172. The molecular formula is C21H26N2O4. The Labute approximate surface area is 160 Å². The van der Waals surface area contributed by atoms with Crippen LogP contribution in [-0.4, -0.2) is 44.5 Å². The lowest BCUT2D eigenvalue weighted by atomic mass is 10.1. The van der Waals surface area contributed by atoms with Crippen LogP contribution in [0.3, 0.4) is 0 Å². The van der Waals surface area contributed by atoms with E-state index in [2.05, 4.69) is 5.32 Å². The van der Waals surface area contributed by atoms with Crippen molar-refractivity contribution < 1.29 is 19.1 Å². The van der Waals surface area contributed by atoms with Crippen molar-refractivity contribution in [1.82, 2.24) is 10.2 Å². The molecule has 2 amide bonds. The van der Waals surface area contributed by atoms with Gasteiger partial charge in [0.1, 0.15) is 0 Å². The van der Waals surface area contributed by atoms with Crippen molar-refractivity contribution in [3.63, 3.8) is 0 Å². The third-order valence-corrected chi connectivity index (χ3v) is 4.20. The molecule has 0 saturated carbocycles. The fourth-order valence-electron chi connectivity index (χ4n) is 2.70. The first kappa shape index (κ1) is 20.3. The second-order valence-electron chi connectivity index (χ2n) is 6.31. The summed E-state index contributed by atoms with van der Waals surface area (Å²) in [5.41, 5.74) is 2.56. The minimum absolute atomic E-state index is 0.0469. The van der Waals surface area contributed by atoms with Crippen LogP contribution in [0.1, 0.15) is 27.9 Å². The molecule has 2 aromatic carbocycles. The van der Waals surface area contributed by atoms with Crippen molar-refractivity contribution in [2.75, 3.05) is 27.8 Å². The Morgan fingerprint density at radius 1 is 1.04 bits per heavy atom. The van der Waals surface area contributed by atoms with Crippen molar-refractivity contribution in [2.45, 2.75) is 19.9 Å². The van der Waals surface area contributed by atoms with E-state index in [1.807, 2.05) is 43.3 Å². The molecule has 6 heteroatoms. The molecule has 144 valence electrons. The van der Waals surface area contributed by atoms with Crippen LogP contribution in [0.25, 0.3) is 0 Å². The van der Waals surface area contributed by atoms with Crippen molar-refractivity contribution in [3.05, 3.63) is 59.2 Å². The van der Waals surface area contributed by atoms with E-state index >= 15 is 0 Å². The number of hydrogen-bond donors (Lipinski definition) is 1. The number of rotatable bonds is 8. The summed E-state index contributed by atoms with van der Waals surface area (Å²) in [7, 11) is 4.90. The number of nitrogens with one attached hydrogen (secondary N) is 1. The topological polar surface area (TPSA) is 67.9 Å². The van der Waals surface area contributed by atoms with Gasteiger partial charge in [0.25, 0.3) is 5.91 Å². The zero-order chi connectivity index (χ0) is 19.8. The highest BCUT2D eigenvalue weighted by atomic mass is 16.5. The van der Waals surface area contributed by atoms with E-state index in [1.54, 1.807) is 32.2 Å². The molecule has 0 bridgehead atoms. The summed E-state index contributed by atoms with van der Waals surface area (Å²) in [6.45, 7) is 2.68. The molecule has 6 nitrogen and oxygen atoms in total. The summed E-state index contributed by atoms with van der Waals surface area (Å²) >= 11 is 0. The molecule has 0 unspecified atom stereocenters. The Morgan fingerprint density at radius 2 is 1.78 bits per heavy atom. The van der Waals surface area contributed by atoms with Crippen LogP contribution in [-0.2, 0) is 11.3 Å². The molecular weight excluding hydrogens is 344 g/mol. The summed E-state index contributed by atoms with van der Waals surface area (Å²) in [5, 5.41) is 2.79. The number of benzene rings is 2. The summed E-state index contributed by atoms with van der Waals surface area (Å²) < 4.78 is 10.5. The Kier molecular flexibility index (Phi) is 7.23. The van der Waals surface area contributed by atoms with Crippen molar-refractivity contribution in [3.8, 4) is 11.5 Å². The summed E-state index contributed by atoms with van der Waals surface area (Å²) in [4.78, 5) is 26.0. The second-order valence-corrected chi connectivity index (χ2v) is 6.31. The number of ether oxygens (including phenoxy) is 2. The normalized spacial score (nSPS) is 10.2. The first-order valence-corrected chi connectivity index (χ1v) is 8.74. The molecule has 27 heavy (non-hydrogen) atoms. The smallest absolute Gasteiger partial charge is 0.251 e. The van der Waals surface area contributed by atoms with Gasteiger partial charge in [0.05, 0.1) is 14.2 Å². The quantitative estimate of drug-likeness (QED) is 0.776. The third kappa shape index (κ3) is 5.74. The summed E-state index contributed by atoms with van der Waals surface area (Å²) in [6.07, 6.45) is 0.237. The van der Waals surface area contributed by atoms with Gasteiger partial charge >= 0.3 is 0 Å². The lowest BCUT2D eigenvalue weighted by Gasteiger charge is -2.18. The van der Waals surface area contributed by atoms with E-state index in [4.69, 9.17) is 9.47 Å². The standard InChI is InChI=1S/C21H26N2O4/c1-15-6-5-7-17(12-15)21(25)22-11-10-20(24)23(2)14-16-8-9-18(26-3)19(13-16)27-4/h5-9,12-13H,10-11,14H2,1-4H3,(H,22,25). The van der Waals surface area contributed by atoms with Gasteiger partial charge in [-0.3, -0.25) is 9.59 Å². The van der Waals surface area contributed by atoms with Crippen LogP contribution < -0.4 is 14.8 Å². The van der Waals surface area contributed by atoms with E-state index in [-0.39, 0.29) is 18.2 Å². The molecule has 0 aliphatic rings. The maximum absolute atomic E-state index is 12.3. The molecule has 2 rings (SSSR count). The molecule has 0 aliphatic carbocycles. The van der Waals surface area contributed by atoms with Crippen LogP contribution in [0.2, 0.25) is 0 Å². The SMILES string of the molecule is COc1ccc(CN(C)C(=O)CCNC(=O)c2cccc(C)c2)cc1OC. The Balaban J connectivity index is 1.84. The maximum Gasteiger partial charge on any atom is 0.251 e. The molecule has 0 aromatic heterocycles. The number of aryl methyl sites for hydroxylation is 1. The van der Waals surface area contributed by atoms with Gasteiger partial charge in [0.2, 0.25) is 5.91 Å². The van der Waals surface area contributed by atoms with Crippen molar-refractivity contribution >= 4 is 11.8 Å². The van der Waals surface area contributed by atoms with Gasteiger partial charge in [-0.2, -0.15) is 0 Å². The van der Waals surface area contributed by atoms with Gasteiger partial charge in [-0.15, -0.1) is 0 Å². The van der Waals surface area contributed by atoms with Crippen LogP contribution >= 0.6 is 0 Å². The zero-order valence-electron chi connectivity index (χ0n) is 16.2. The molecule has 2 aromatic rings. The number of amides is 2. The molecule has 1 N–H and O–H groups in total. The third-order valence-electron chi connectivity index (χ3n) is 4.20. The van der Waals surface area contributed by atoms with Crippen molar-refractivity contribution in [1.29, 1.82) is 0 Å². The van der Waals surface area contributed by atoms with E-state index in [1.165, 1.54) is 0 Å². The predicted octanol–water partition coefficient (Wildman–Crippen LogP) is 2.79. The minimum Gasteiger partial charge on any atom is -0.493 e. The van der Waals surface area contributed by atoms with E-state index < -0.39 is 0 Å². The first-order valence-electron chi connectivity index (χ1n) is 8.74. The number of methoxy groups -OCH3 is 2. The van der Waals surface area contributed by atoms with Gasteiger partial charge < -0.3 is 19.7 Å². The molecule has 0 saturated heterocycles. The van der Waals surface area contributed by atoms with Crippen LogP contribution in [0.15, 0.2) is 42.5 Å². The van der Waals surface area contributed by atoms with Gasteiger partial charge in [-0.05, 0) is 36.8 Å². The Hall–Kier alpha value is -3.02. The van der Waals surface area contributed by atoms with Gasteiger partial charge in [-0.25, -0.2) is 0 Å². The first-order chi connectivity index (χ1) is 12.9. The van der Waals surface area contributed by atoms with Crippen LogP contribution in [0, 0.1) is 6.92 Å². The average Bonchev–Trinajstić information content (AvgIpc) is 2.67. The lowest BCUT2D eigenvalue weighted by molar-refractivity contribution is -0.130. The molecule has 0 heterocycles. The van der Waals surface area contributed by atoms with Crippen LogP contribution in [0.4, 0.5) is 0 Å². The fraction of sp³-hybridized carbons (Fsp3) is 0.333. The maximum atomic E-state index is 12.3. The highest BCUT2D eigenvalue weighted by molar-refractivity contribution is 5.94. The highest BCUT2D eigenvalue weighted by Crippen LogP contribution is 2.27. The largest absolute Gasteiger partial charge is 0.493 e. The molecule has 0 spiro atoms. The average molecular weight is 370 g/mol. The second kappa shape index (κ2) is 9.62. The Bertz CT molecular complexity index is 805. The lowest BCUT2D eigenvalue weighted by Crippen LogP contribution is -2.31. The number of carbonyl (C=O) groups is 2. The molecule has 0 aliphatic heterocycles. The molecule has 0 radical (unpaired) electrons. The summed E-state index contributed by atoms with van der Waals surface area (Å²) in [5.74, 6) is 1.05. The monoisotopic (exact) mass is 370 g/mol. The van der Waals surface area contributed by atoms with Crippen LogP contribution in [0.5, 0.6) is 11.5 Å². The van der Waals surface area contributed by atoms with Gasteiger partial charge in [0.15, 0.2) is 11.5 Å². The fourth-order valence-corrected chi connectivity index (χ4v) is 2.70. The molecule has 0 atom stereocenters. The zero-order valence-corrected chi connectivity index (χ0v) is 16.2. The van der Waals surface area contributed by atoms with E-state index in [9.17, 15) is 9.59 Å². The highest BCUT2D eigenvalue weighted by Gasteiger charge is 2.12. The number of carbonyl (C=O) groups excluding carboxylic acids is 2. The number of hydrogen-bond acceptors (Lipinski definition) is 4. The van der Waals surface area contributed by atoms with Gasteiger partial charge in [0, 0.05) is 32.1 Å². The predicted molar refractivity (Wildman–Crippen MR) is 104 cm³/mol. The van der Waals surface area contributed by atoms with E-state index in [0.29, 0.717) is 30.2 Å². The van der Waals surface area contributed by atoms with Crippen molar-refractivity contribution in [2.24, 2.45) is 0 Å². The molecule has 0 fully saturated rings. The van der Waals surface area contributed by atoms with E-state index in [0.717, 1.165) is 11.1 Å². The summed E-state index contributed by atoms with van der Waals surface area (Å²) in [6, 6.07) is 12.9.